The molecule has 94 valence electrons. The first kappa shape index (κ1) is 11.9. The third-order valence-electron chi connectivity index (χ3n) is 3.61. The summed E-state index contributed by atoms with van der Waals surface area (Å²) in [6.07, 6.45) is 2.26. The summed E-state index contributed by atoms with van der Waals surface area (Å²) in [7, 11) is 0. The Morgan fingerprint density at radius 1 is 1.22 bits per heavy atom. The molecule has 0 atom stereocenters. The first-order valence-electron chi connectivity index (χ1n) is 6.41. The van der Waals surface area contributed by atoms with Gasteiger partial charge in [-0.1, -0.05) is 30.3 Å². The zero-order valence-corrected chi connectivity index (χ0v) is 11.5. The lowest BCUT2D eigenvalue weighted by molar-refractivity contribution is 0.166. The number of hydrogen-bond donors (Lipinski definition) is 1. The van der Waals surface area contributed by atoms with Crippen LogP contribution in [0.15, 0.2) is 35.7 Å². The summed E-state index contributed by atoms with van der Waals surface area (Å²) < 4.78 is 0. The van der Waals surface area contributed by atoms with Gasteiger partial charge in [0, 0.05) is 36.0 Å². The smallest absolute Gasteiger partial charge is 0.0934 e. The molecule has 0 saturated carbocycles. The molecule has 0 aliphatic carbocycles. The Morgan fingerprint density at radius 3 is 2.56 bits per heavy atom. The van der Waals surface area contributed by atoms with E-state index >= 15 is 0 Å². The number of nitrogens with one attached hydrogen (secondary N) is 1. The van der Waals surface area contributed by atoms with Gasteiger partial charge < -0.3 is 5.32 Å². The van der Waals surface area contributed by atoms with E-state index in [2.05, 4.69) is 52.9 Å². The fourth-order valence-corrected chi connectivity index (χ4v) is 3.57. The third kappa shape index (κ3) is 2.47. The number of hydrogen-bond acceptors (Lipinski definition) is 3. The van der Waals surface area contributed by atoms with Crippen molar-refractivity contribution in [3.8, 4) is 0 Å². The summed E-state index contributed by atoms with van der Waals surface area (Å²) in [6, 6.07) is 10.8. The molecule has 2 heterocycles. The van der Waals surface area contributed by atoms with E-state index in [-0.39, 0.29) is 0 Å². The summed E-state index contributed by atoms with van der Waals surface area (Å²) in [5.74, 6) is 0. The van der Waals surface area contributed by atoms with Crippen molar-refractivity contribution in [2.75, 3.05) is 13.1 Å². The average Bonchev–Trinajstić information content (AvgIpc) is 2.73. The van der Waals surface area contributed by atoms with Crippen molar-refractivity contribution < 1.29 is 0 Å². The van der Waals surface area contributed by atoms with E-state index in [0.717, 1.165) is 31.6 Å². The van der Waals surface area contributed by atoms with E-state index in [9.17, 15) is 0 Å². The Bertz CT molecular complexity index is 514. The fraction of sp³-hybridized carbons (Fsp3) is 0.400. The molecule has 0 unspecified atom stereocenters. The number of rotatable bonds is 4. The molecule has 3 rings (SSSR count). The average molecular weight is 258 g/mol. The second kappa shape index (κ2) is 4.82. The van der Waals surface area contributed by atoms with Crippen LogP contribution in [0.2, 0.25) is 0 Å². The van der Waals surface area contributed by atoms with E-state index in [0.29, 0.717) is 5.41 Å². The van der Waals surface area contributed by atoms with Crippen LogP contribution in [-0.2, 0) is 12.8 Å². The Balaban J connectivity index is 1.74. The molecule has 0 bridgehead atoms. The number of aromatic nitrogens is 1. The van der Waals surface area contributed by atoms with Gasteiger partial charge in [-0.2, -0.15) is 0 Å². The molecule has 1 aliphatic heterocycles. The van der Waals surface area contributed by atoms with Crippen molar-refractivity contribution in [3.63, 3.8) is 0 Å². The number of benzene rings is 1. The molecule has 0 spiro atoms. The van der Waals surface area contributed by atoms with E-state index < -0.39 is 0 Å². The largest absolute Gasteiger partial charge is 0.315 e. The lowest BCUT2D eigenvalue weighted by Crippen LogP contribution is -2.56. The van der Waals surface area contributed by atoms with Gasteiger partial charge in [-0.05, 0) is 18.9 Å². The van der Waals surface area contributed by atoms with Gasteiger partial charge in [0.1, 0.15) is 0 Å². The Labute approximate surface area is 112 Å². The van der Waals surface area contributed by atoms with Crippen LogP contribution < -0.4 is 5.32 Å². The van der Waals surface area contributed by atoms with E-state index in [1.165, 1.54) is 10.6 Å². The highest BCUT2D eigenvalue weighted by Crippen LogP contribution is 2.32. The standard InChI is InChI=1S/C15H18N2S/c1-12-9-18-14(17-12)8-15(10-16-11-15)7-13-5-3-2-4-6-13/h2-6,9,16H,7-8,10-11H2,1H3. The SMILES string of the molecule is Cc1csc(CC2(Cc3ccccc3)CNC2)n1. The first-order valence-corrected chi connectivity index (χ1v) is 7.29. The van der Waals surface area contributed by atoms with Gasteiger partial charge >= 0.3 is 0 Å². The molecule has 3 heteroatoms. The number of nitrogens with zero attached hydrogens (tertiary/aromatic N) is 1. The number of thiazole rings is 1. The van der Waals surface area contributed by atoms with Crippen LogP contribution in [0.1, 0.15) is 16.3 Å². The van der Waals surface area contributed by atoms with E-state index in [1.54, 1.807) is 11.3 Å². The first-order chi connectivity index (χ1) is 8.76. The van der Waals surface area contributed by atoms with Crippen LogP contribution in [0.3, 0.4) is 0 Å². The monoisotopic (exact) mass is 258 g/mol. The minimum absolute atomic E-state index is 0.381. The van der Waals surface area contributed by atoms with Crippen LogP contribution in [0.5, 0.6) is 0 Å². The molecule has 0 radical (unpaired) electrons. The summed E-state index contributed by atoms with van der Waals surface area (Å²) in [6.45, 7) is 4.30. The van der Waals surface area contributed by atoms with Crippen LogP contribution in [0, 0.1) is 12.3 Å². The highest BCUT2D eigenvalue weighted by atomic mass is 32.1. The molecule has 1 saturated heterocycles. The van der Waals surface area contributed by atoms with Crippen molar-refractivity contribution in [3.05, 3.63) is 52.0 Å². The Hall–Kier alpha value is -1.19. The predicted molar refractivity (Wildman–Crippen MR) is 76.0 cm³/mol. The highest BCUT2D eigenvalue weighted by molar-refractivity contribution is 7.09. The zero-order valence-electron chi connectivity index (χ0n) is 10.6. The molecular weight excluding hydrogens is 240 g/mol. The molecule has 2 aromatic rings. The van der Waals surface area contributed by atoms with Gasteiger partial charge in [0.15, 0.2) is 0 Å². The lowest BCUT2D eigenvalue weighted by Gasteiger charge is -2.42. The van der Waals surface area contributed by atoms with Crippen molar-refractivity contribution in [1.29, 1.82) is 0 Å². The molecule has 1 aromatic carbocycles. The fourth-order valence-electron chi connectivity index (χ4n) is 2.62. The molecule has 1 aromatic heterocycles. The van der Waals surface area contributed by atoms with Gasteiger partial charge in [-0.15, -0.1) is 11.3 Å². The molecule has 0 amide bonds. The van der Waals surface area contributed by atoms with Crippen LogP contribution in [0.4, 0.5) is 0 Å². The summed E-state index contributed by atoms with van der Waals surface area (Å²) in [4.78, 5) is 4.61. The molecule has 2 nitrogen and oxygen atoms in total. The van der Waals surface area contributed by atoms with Crippen molar-refractivity contribution in [1.82, 2.24) is 10.3 Å². The van der Waals surface area contributed by atoms with Crippen LogP contribution in [-0.4, -0.2) is 18.1 Å². The second-order valence-electron chi connectivity index (χ2n) is 5.33. The van der Waals surface area contributed by atoms with Crippen molar-refractivity contribution in [2.24, 2.45) is 5.41 Å². The van der Waals surface area contributed by atoms with E-state index in [4.69, 9.17) is 0 Å². The Morgan fingerprint density at radius 2 is 2.00 bits per heavy atom. The summed E-state index contributed by atoms with van der Waals surface area (Å²) in [5, 5.41) is 6.86. The van der Waals surface area contributed by atoms with Gasteiger partial charge in [-0.25, -0.2) is 4.98 Å². The maximum Gasteiger partial charge on any atom is 0.0934 e. The maximum atomic E-state index is 4.61. The molecule has 18 heavy (non-hydrogen) atoms. The van der Waals surface area contributed by atoms with Crippen LogP contribution >= 0.6 is 11.3 Å². The molecular formula is C15H18N2S. The summed E-state index contributed by atoms with van der Waals surface area (Å²) >= 11 is 1.80. The summed E-state index contributed by atoms with van der Waals surface area (Å²) in [5.41, 5.74) is 2.97. The topological polar surface area (TPSA) is 24.9 Å². The van der Waals surface area contributed by atoms with Gasteiger partial charge in [0.25, 0.3) is 0 Å². The van der Waals surface area contributed by atoms with Gasteiger partial charge in [0.05, 0.1) is 5.01 Å². The molecule has 1 aliphatic rings. The second-order valence-corrected chi connectivity index (χ2v) is 6.27. The molecule has 1 fully saturated rings. The van der Waals surface area contributed by atoms with E-state index in [1.807, 2.05) is 0 Å². The quantitative estimate of drug-likeness (QED) is 0.912. The third-order valence-corrected chi connectivity index (χ3v) is 4.58. The maximum absolute atomic E-state index is 4.61. The molecule has 1 N–H and O–H groups in total. The van der Waals surface area contributed by atoms with Gasteiger partial charge in [-0.3, -0.25) is 0 Å². The van der Waals surface area contributed by atoms with Crippen molar-refractivity contribution in [2.45, 2.75) is 19.8 Å². The number of aryl methyl sites for hydroxylation is 1. The highest BCUT2D eigenvalue weighted by Gasteiger charge is 2.37. The van der Waals surface area contributed by atoms with Gasteiger partial charge in [0.2, 0.25) is 0 Å². The Kier molecular flexibility index (Phi) is 3.18. The predicted octanol–water partition coefficient (Wildman–Crippen LogP) is 2.83. The minimum atomic E-state index is 0.381. The lowest BCUT2D eigenvalue weighted by atomic mass is 9.74. The van der Waals surface area contributed by atoms with Crippen molar-refractivity contribution >= 4 is 11.3 Å². The van der Waals surface area contributed by atoms with Crippen LogP contribution in [0.25, 0.3) is 0 Å². The minimum Gasteiger partial charge on any atom is -0.315 e. The normalized spacial score (nSPS) is 17.4. The zero-order chi connectivity index (χ0) is 12.4.